The van der Waals surface area contributed by atoms with Crippen LogP contribution in [0.5, 0.6) is 0 Å². The summed E-state index contributed by atoms with van der Waals surface area (Å²) in [4.78, 5) is 17.2. The molecule has 0 aromatic carbocycles. The molecule has 0 bridgehead atoms. The maximum Gasteiger partial charge on any atom is 0.307 e. The van der Waals surface area contributed by atoms with Crippen LogP contribution < -0.4 is 0 Å². The van der Waals surface area contributed by atoms with Gasteiger partial charge in [0.2, 0.25) is 11.7 Å². The summed E-state index contributed by atoms with van der Waals surface area (Å²) in [6.45, 7) is 2.27. The van der Waals surface area contributed by atoms with E-state index in [-0.39, 0.29) is 17.9 Å². The van der Waals surface area contributed by atoms with Gasteiger partial charge in [0.1, 0.15) is 6.10 Å². The Morgan fingerprint density at radius 1 is 1.56 bits per heavy atom. The van der Waals surface area contributed by atoms with E-state index in [0.717, 1.165) is 13.1 Å². The summed E-state index contributed by atoms with van der Waals surface area (Å²) in [6, 6.07) is 0. The van der Waals surface area contributed by atoms with E-state index in [1.54, 1.807) is 0 Å². The predicted octanol–water partition coefficient (Wildman–Crippen LogP) is 0.261. The third-order valence-electron chi connectivity index (χ3n) is 3.44. The fourth-order valence-corrected chi connectivity index (χ4v) is 2.20. The minimum absolute atomic E-state index is 0.120. The third kappa shape index (κ3) is 2.11. The van der Waals surface area contributed by atoms with Crippen LogP contribution in [-0.2, 0) is 9.53 Å². The summed E-state index contributed by atoms with van der Waals surface area (Å²) in [5.41, 5.74) is 0. The molecular weight excluding hydrogens is 238 g/mol. The predicted molar refractivity (Wildman–Crippen MR) is 59.0 cm³/mol. The summed E-state index contributed by atoms with van der Waals surface area (Å²) >= 11 is 0. The summed E-state index contributed by atoms with van der Waals surface area (Å²) in [6.07, 6.45) is 0.408. The Morgan fingerprint density at radius 2 is 2.39 bits per heavy atom. The molecule has 2 aliphatic rings. The molecule has 1 saturated carbocycles. The minimum Gasteiger partial charge on any atom is -0.481 e. The molecule has 0 amide bonds. The van der Waals surface area contributed by atoms with Gasteiger partial charge in [-0.15, -0.1) is 0 Å². The molecule has 7 heteroatoms. The van der Waals surface area contributed by atoms with Crippen molar-refractivity contribution in [3.8, 4) is 0 Å². The zero-order valence-electron chi connectivity index (χ0n) is 10.1. The van der Waals surface area contributed by atoms with E-state index in [0.29, 0.717) is 24.7 Å². The highest BCUT2D eigenvalue weighted by atomic mass is 16.5. The highest BCUT2D eigenvalue weighted by molar-refractivity contribution is 5.74. The Labute approximate surface area is 104 Å². The van der Waals surface area contributed by atoms with Crippen molar-refractivity contribution in [1.29, 1.82) is 0 Å². The van der Waals surface area contributed by atoms with Gasteiger partial charge in [-0.05, 0) is 13.5 Å². The number of rotatable bonds is 3. The van der Waals surface area contributed by atoms with E-state index in [2.05, 4.69) is 15.0 Å². The zero-order chi connectivity index (χ0) is 12.7. The Hall–Kier alpha value is -1.47. The monoisotopic (exact) mass is 253 g/mol. The first-order valence-electron chi connectivity index (χ1n) is 6.01. The fraction of sp³-hybridized carbons (Fsp3) is 0.727. The van der Waals surface area contributed by atoms with E-state index in [1.165, 1.54) is 0 Å². The van der Waals surface area contributed by atoms with Crippen LogP contribution in [0.4, 0.5) is 0 Å². The summed E-state index contributed by atoms with van der Waals surface area (Å²) in [5, 5.41) is 12.8. The Morgan fingerprint density at radius 3 is 3.06 bits per heavy atom. The number of aliphatic carboxylic acids is 1. The first-order chi connectivity index (χ1) is 8.65. The number of aromatic nitrogens is 2. The lowest BCUT2D eigenvalue weighted by Gasteiger charge is -2.27. The van der Waals surface area contributed by atoms with Crippen molar-refractivity contribution in [2.45, 2.75) is 18.4 Å². The first-order valence-corrected chi connectivity index (χ1v) is 6.01. The minimum atomic E-state index is -0.798. The molecule has 3 atom stereocenters. The normalized spacial score (nSPS) is 32.4. The Kier molecular flexibility index (Phi) is 2.79. The van der Waals surface area contributed by atoms with Crippen LogP contribution in [0.2, 0.25) is 0 Å². The zero-order valence-corrected chi connectivity index (χ0v) is 10.1. The number of likely N-dealkylation sites (N-methyl/N-ethyl adjacent to an activating group) is 1. The van der Waals surface area contributed by atoms with Crippen molar-refractivity contribution in [1.82, 2.24) is 15.0 Å². The van der Waals surface area contributed by atoms with Crippen LogP contribution in [-0.4, -0.2) is 52.9 Å². The fourth-order valence-electron chi connectivity index (χ4n) is 2.20. The molecule has 0 radical (unpaired) electrons. The second kappa shape index (κ2) is 4.33. The molecule has 18 heavy (non-hydrogen) atoms. The molecule has 1 saturated heterocycles. The van der Waals surface area contributed by atoms with Crippen molar-refractivity contribution in [3.63, 3.8) is 0 Å². The molecule has 2 heterocycles. The van der Waals surface area contributed by atoms with Crippen LogP contribution in [0.1, 0.15) is 30.2 Å². The van der Waals surface area contributed by atoms with Crippen LogP contribution in [0.3, 0.4) is 0 Å². The lowest BCUT2D eigenvalue weighted by molar-refractivity contribution is -0.138. The number of carbonyl (C=O) groups is 1. The van der Waals surface area contributed by atoms with E-state index < -0.39 is 5.97 Å². The van der Waals surface area contributed by atoms with Crippen molar-refractivity contribution >= 4 is 5.97 Å². The van der Waals surface area contributed by atoms with E-state index in [1.807, 2.05) is 7.05 Å². The number of carboxylic acid groups (broad SMARTS) is 1. The maximum atomic E-state index is 10.8. The van der Waals surface area contributed by atoms with Gasteiger partial charge in [-0.3, -0.25) is 4.79 Å². The average Bonchev–Trinajstić information content (AvgIpc) is 3.00. The molecule has 3 unspecified atom stereocenters. The Balaban J connectivity index is 1.68. The van der Waals surface area contributed by atoms with Crippen molar-refractivity contribution in [3.05, 3.63) is 11.7 Å². The number of hydrogen-bond donors (Lipinski definition) is 1. The SMILES string of the molecule is CN1CCOC(c2noc(C3CC3C(=O)O)n2)C1. The largest absolute Gasteiger partial charge is 0.481 e. The van der Waals surface area contributed by atoms with Crippen molar-refractivity contribution in [2.75, 3.05) is 26.7 Å². The molecule has 1 N–H and O–H groups in total. The smallest absolute Gasteiger partial charge is 0.307 e. The topological polar surface area (TPSA) is 88.7 Å². The summed E-state index contributed by atoms with van der Waals surface area (Å²) < 4.78 is 10.7. The lowest BCUT2D eigenvalue weighted by Crippen LogP contribution is -2.35. The number of nitrogens with zero attached hydrogens (tertiary/aromatic N) is 3. The van der Waals surface area contributed by atoms with E-state index in [4.69, 9.17) is 14.4 Å². The standard InChI is InChI=1S/C11H15N3O4/c1-14-2-3-17-8(5-14)9-12-10(18-13-9)6-4-7(6)11(15)16/h6-8H,2-5H2,1H3,(H,15,16). The molecule has 98 valence electrons. The molecule has 2 fully saturated rings. The highest BCUT2D eigenvalue weighted by Gasteiger charge is 2.48. The van der Waals surface area contributed by atoms with Crippen LogP contribution in [0, 0.1) is 5.92 Å². The number of carboxylic acids is 1. The van der Waals surface area contributed by atoms with Gasteiger partial charge >= 0.3 is 5.97 Å². The quantitative estimate of drug-likeness (QED) is 0.826. The second-order valence-corrected chi connectivity index (χ2v) is 4.90. The van der Waals surface area contributed by atoms with Gasteiger partial charge in [-0.1, -0.05) is 5.16 Å². The molecule has 0 spiro atoms. The van der Waals surface area contributed by atoms with E-state index in [9.17, 15) is 4.79 Å². The summed E-state index contributed by atoms with van der Waals surface area (Å²) in [7, 11) is 2.01. The Bertz CT molecular complexity index is 461. The molecular formula is C11H15N3O4. The first kappa shape index (κ1) is 11.6. The van der Waals surface area contributed by atoms with Crippen LogP contribution >= 0.6 is 0 Å². The average molecular weight is 253 g/mol. The van der Waals surface area contributed by atoms with Gasteiger partial charge < -0.3 is 19.3 Å². The van der Waals surface area contributed by atoms with Gasteiger partial charge in [-0.25, -0.2) is 0 Å². The number of morpholine rings is 1. The van der Waals surface area contributed by atoms with Gasteiger partial charge in [0.15, 0.2) is 0 Å². The molecule has 1 aliphatic carbocycles. The number of ether oxygens (including phenoxy) is 1. The molecule has 3 rings (SSSR count). The highest BCUT2D eigenvalue weighted by Crippen LogP contribution is 2.46. The second-order valence-electron chi connectivity index (χ2n) is 4.90. The van der Waals surface area contributed by atoms with Crippen LogP contribution in [0.15, 0.2) is 4.52 Å². The van der Waals surface area contributed by atoms with Crippen molar-refractivity contribution in [2.24, 2.45) is 5.92 Å². The van der Waals surface area contributed by atoms with Gasteiger partial charge in [0.05, 0.1) is 18.4 Å². The number of hydrogen-bond acceptors (Lipinski definition) is 6. The molecule has 1 aromatic heterocycles. The molecule has 7 nitrogen and oxygen atoms in total. The third-order valence-corrected chi connectivity index (χ3v) is 3.44. The summed E-state index contributed by atoms with van der Waals surface area (Å²) in [5.74, 6) is -0.339. The van der Waals surface area contributed by atoms with Crippen molar-refractivity contribution < 1.29 is 19.2 Å². The lowest BCUT2D eigenvalue weighted by atomic mass is 10.2. The molecule has 1 aromatic rings. The van der Waals surface area contributed by atoms with Gasteiger partial charge in [0.25, 0.3) is 0 Å². The van der Waals surface area contributed by atoms with Gasteiger partial charge in [-0.2, -0.15) is 4.98 Å². The van der Waals surface area contributed by atoms with Crippen LogP contribution in [0.25, 0.3) is 0 Å². The van der Waals surface area contributed by atoms with Gasteiger partial charge in [0, 0.05) is 13.1 Å². The maximum absolute atomic E-state index is 10.8. The van der Waals surface area contributed by atoms with E-state index >= 15 is 0 Å². The molecule has 1 aliphatic heterocycles.